The van der Waals surface area contributed by atoms with E-state index in [2.05, 4.69) is 6.07 Å². The Bertz CT molecular complexity index is 870. The van der Waals surface area contributed by atoms with Crippen molar-refractivity contribution in [1.82, 2.24) is 4.31 Å². The first-order valence-electron chi connectivity index (χ1n) is 7.65. The molecule has 24 heavy (non-hydrogen) atoms. The van der Waals surface area contributed by atoms with E-state index in [1.807, 2.05) is 24.3 Å². The van der Waals surface area contributed by atoms with Gasteiger partial charge < -0.3 is 4.74 Å². The lowest BCUT2D eigenvalue weighted by Gasteiger charge is -2.28. The molecule has 2 aromatic rings. The molecule has 0 amide bonds. The molecule has 3 rings (SSSR count). The molecule has 0 saturated carbocycles. The average Bonchev–Trinajstić information content (AvgIpc) is 2.61. The van der Waals surface area contributed by atoms with Crippen LogP contribution in [-0.4, -0.2) is 32.4 Å². The Balaban J connectivity index is 1.72. The molecule has 1 aliphatic heterocycles. The van der Waals surface area contributed by atoms with E-state index in [9.17, 15) is 8.42 Å². The van der Waals surface area contributed by atoms with Crippen LogP contribution in [0, 0.1) is 11.3 Å². The molecule has 0 saturated heterocycles. The standard InChI is InChI=1S/C18H18N2O3S/c1-20(24(21,22)18-8-6-14(11-19)7-9-18)12-17-10-15-4-2-3-5-16(15)13-23-17/h2-9,17H,10,12-13H2,1H3/t17-/m1/s1. The smallest absolute Gasteiger partial charge is 0.242 e. The van der Waals surface area contributed by atoms with Crippen molar-refractivity contribution in [2.75, 3.05) is 13.6 Å². The Morgan fingerprint density at radius 3 is 2.50 bits per heavy atom. The van der Waals surface area contributed by atoms with Gasteiger partial charge in [-0.3, -0.25) is 0 Å². The summed E-state index contributed by atoms with van der Waals surface area (Å²) in [4.78, 5) is 0.181. The van der Waals surface area contributed by atoms with Gasteiger partial charge in [-0.05, 0) is 35.4 Å². The summed E-state index contributed by atoms with van der Waals surface area (Å²) in [5.41, 5.74) is 2.80. The van der Waals surface area contributed by atoms with Crippen LogP contribution >= 0.6 is 0 Å². The number of nitriles is 1. The molecule has 124 valence electrons. The van der Waals surface area contributed by atoms with E-state index in [0.29, 0.717) is 18.6 Å². The molecular weight excluding hydrogens is 324 g/mol. The fraction of sp³-hybridized carbons (Fsp3) is 0.278. The number of benzene rings is 2. The second kappa shape index (κ2) is 6.73. The van der Waals surface area contributed by atoms with Gasteiger partial charge in [0.25, 0.3) is 0 Å². The molecule has 0 N–H and O–H groups in total. The van der Waals surface area contributed by atoms with Crippen LogP contribution in [0.5, 0.6) is 0 Å². The predicted octanol–water partition coefficient (Wildman–Crippen LogP) is 2.32. The Morgan fingerprint density at radius 1 is 1.17 bits per heavy atom. The second-order valence-corrected chi connectivity index (χ2v) is 7.87. The van der Waals surface area contributed by atoms with Crippen molar-refractivity contribution < 1.29 is 13.2 Å². The SMILES string of the molecule is CN(C[C@H]1Cc2ccccc2CO1)S(=O)(=O)c1ccc(C#N)cc1. The van der Waals surface area contributed by atoms with Crippen LogP contribution in [0.15, 0.2) is 53.4 Å². The van der Waals surface area contributed by atoms with Crippen molar-refractivity contribution in [3.63, 3.8) is 0 Å². The van der Waals surface area contributed by atoms with Gasteiger partial charge in [0.05, 0.1) is 29.2 Å². The summed E-state index contributed by atoms with van der Waals surface area (Å²) in [6.07, 6.45) is 0.529. The lowest BCUT2D eigenvalue weighted by Crippen LogP contribution is -2.38. The molecule has 0 unspecified atom stereocenters. The molecule has 5 nitrogen and oxygen atoms in total. The van der Waals surface area contributed by atoms with Crippen LogP contribution in [0.3, 0.4) is 0 Å². The topological polar surface area (TPSA) is 70.4 Å². The summed E-state index contributed by atoms with van der Waals surface area (Å²) in [6.45, 7) is 0.794. The maximum absolute atomic E-state index is 12.6. The predicted molar refractivity (Wildman–Crippen MR) is 89.7 cm³/mol. The highest BCUT2D eigenvalue weighted by atomic mass is 32.2. The first-order valence-corrected chi connectivity index (χ1v) is 9.09. The van der Waals surface area contributed by atoms with Gasteiger partial charge in [-0.15, -0.1) is 0 Å². The van der Waals surface area contributed by atoms with Gasteiger partial charge in [0, 0.05) is 20.0 Å². The minimum atomic E-state index is -3.60. The van der Waals surface area contributed by atoms with Gasteiger partial charge in [0.15, 0.2) is 0 Å². The first-order chi connectivity index (χ1) is 11.5. The van der Waals surface area contributed by atoms with Crippen LogP contribution in [0.2, 0.25) is 0 Å². The molecule has 0 fully saturated rings. The number of rotatable bonds is 4. The average molecular weight is 342 g/mol. The zero-order chi connectivity index (χ0) is 17.2. The highest BCUT2D eigenvalue weighted by molar-refractivity contribution is 7.89. The maximum Gasteiger partial charge on any atom is 0.242 e. The Hall–Kier alpha value is -2.20. The van der Waals surface area contributed by atoms with Crippen molar-refractivity contribution in [3.05, 3.63) is 65.2 Å². The Labute approximate surface area is 142 Å². The molecular formula is C18H18N2O3S. The van der Waals surface area contributed by atoms with E-state index >= 15 is 0 Å². The fourth-order valence-corrected chi connectivity index (χ4v) is 4.00. The molecule has 1 aliphatic rings. The lowest BCUT2D eigenvalue weighted by atomic mass is 9.99. The molecule has 6 heteroatoms. The number of fused-ring (bicyclic) bond motifs is 1. The van der Waals surface area contributed by atoms with E-state index < -0.39 is 10.0 Å². The molecule has 0 aromatic heterocycles. The molecule has 2 aromatic carbocycles. The number of sulfonamides is 1. The highest BCUT2D eigenvalue weighted by Crippen LogP contribution is 2.22. The van der Waals surface area contributed by atoms with Crippen molar-refractivity contribution in [2.24, 2.45) is 0 Å². The minimum Gasteiger partial charge on any atom is -0.372 e. The van der Waals surface area contributed by atoms with Gasteiger partial charge >= 0.3 is 0 Å². The largest absolute Gasteiger partial charge is 0.372 e. The zero-order valence-electron chi connectivity index (χ0n) is 13.3. The summed E-state index contributed by atoms with van der Waals surface area (Å²) < 4.78 is 32.4. The summed E-state index contributed by atoms with van der Waals surface area (Å²) in [5.74, 6) is 0. The molecule has 0 radical (unpaired) electrons. The van der Waals surface area contributed by atoms with E-state index in [0.717, 1.165) is 5.56 Å². The van der Waals surface area contributed by atoms with Crippen LogP contribution < -0.4 is 0 Å². The third-order valence-corrected chi connectivity index (χ3v) is 6.03. The maximum atomic E-state index is 12.6. The van der Waals surface area contributed by atoms with Crippen molar-refractivity contribution >= 4 is 10.0 Å². The number of hydrogen-bond donors (Lipinski definition) is 0. The van der Waals surface area contributed by atoms with Gasteiger partial charge in [0.2, 0.25) is 10.0 Å². The van der Waals surface area contributed by atoms with Gasteiger partial charge in [0.1, 0.15) is 0 Å². The summed E-state index contributed by atoms with van der Waals surface area (Å²) in [7, 11) is -2.04. The number of likely N-dealkylation sites (N-methyl/N-ethyl adjacent to an activating group) is 1. The van der Waals surface area contributed by atoms with E-state index in [4.69, 9.17) is 10.00 Å². The normalized spacial score (nSPS) is 17.3. The van der Waals surface area contributed by atoms with E-state index in [-0.39, 0.29) is 17.5 Å². The van der Waals surface area contributed by atoms with Crippen LogP contribution in [0.1, 0.15) is 16.7 Å². The summed E-state index contributed by atoms with van der Waals surface area (Å²) in [6, 6.07) is 16.0. The molecule has 0 aliphatic carbocycles. The highest BCUT2D eigenvalue weighted by Gasteiger charge is 2.26. The number of hydrogen-bond acceptors (Lipinski definition) is 4. The van der Waals surface area contributed by atoms with Crippen molar-refractivity contribution in [3.8, 4) is 6.07 Å². The van der Waals surface area contributed by atoms with Gasteiger partial charge in [-0.2, -0.15) is 9.57 Å². The lowest BCUT2D eigenvalue weighted by molar-refractivity contribution is 0.0202. The second-order valence-electron chi connectivity index (χ2n) is 5.83. The molecule has 1 atom stereocenters. The zero-order valence-corrected chi connectivity index (χ0v) is 14.2. The third kappa shape index (κ3) is 3.34. The van der Waals surface area contributed by atoms with Crippen LogP contribution in [0.4, 0.5) is 0 Å². The van der Waals surface area contributed by atoms with Crippen LogP contribution in [0.25, 0.3) is 0 Å². The Kier molecular flexibility index (Phi) is 4.67. The van der Waals surface area contributed by atoms with E-state index in [1.54, 1.807) is 7.05 Å². The minimum absolute atomic E-state index is 0.168. The first kappa shape index (κ1) is 16.7. The van der Waals surface area contributed by atoms with Gasteiger partial charge in [-0.25, -0.2) is 8.42 Å². The summed E-state index contributed by atoms with van der Waals surface area (Å²) in [5, 5.41) is 8.81. The summed E-state index contributed by atoms with van der Waals surface area (Å²) >= 11 is 0. The number of ether oxygens (including phenoxy) is 1. The van der Waals surface area contributed by atoms with Gasteiger partial charge in [-0.1, -0.05) is 24.3 Å². The quantitative estimate of drug-likeness (QED) is 0.855. The third-order valence-electron chi connectivity index (χ3n) is 4.19. The number of nitrogens with zero attached hydrogens (tertiary/aromatic N) is 2. The molecule has 0 bridgehead atoms. The van der Waals surface area contributed by atoms with E-state index in [1.165, 1.54) is 34.1 Å². The Morgan fingerprint density at radius 2 is 1.83 bits per heavy atom. The monoisotopic (exact) mass is 342 g/mol. The van der Waals surface area contributed by atoms with Crippen molar-refractivity contribution in [2.45, 2.75) is 24.0 Å². The molecule has 0 spiro atoms. The van der Waals surface area contributed by atoms with Crippen LogP contribution in [-0.2, 0) is 27.8 Å². The fourth-order valence-electron chi connectivity index (χ4n) is 2.79. The van der Waals surface area contributed by atoms with Crippen molar-refractivity contribution in [1.29, 1.82) is 5.26 Å². The molecule has 1 heterocycles.